The number of nitrogens with one attached hydrogen (secondary N) is 1. The minimum atomic E-state index is -0.202. The lowest BCUT2D eigenvalue weighted by atomic mass is 10.2. The van der Waals surface area contributed by atoms with Crippen LogP contribution in [0, 0.1) is 5.82 Å². The van der Waals surface area contributed by atoms with E-state index in [9.17, 15) is 4.39 Å². The molecule has 0 aromatic heterocycles. The lowest BCUT2D eigenvalue weighted by Crippen LogP contribution is -2.00. The molecule has 0 atom stereocenters. The fourth-order valence-corrected chi connectivity index (χ4v) is 1.87. The molecule has 16 heavy (non-hydrogen) atoms. The molecule has 2 aromatic carbocycles. The van der Waals surface area contributed by atoms with E-state index in [1.165, 1.54) is 12.1 Å². The smallest absolute Gasteiger partial charge is 0.123 e. The van der Waals surface area contributed by atoms with Gasteiger partial charge in [-0.2, -0.15) is 0 Å². The van der Waals surface area contributed by atoms with E-state index in [1.807, 2.05) is 30.3 Å². The van der Waals surface area contributed by atoms with Crippen LogP contribution in [-0.4, -0.2) is 0 Å². The summed E-state index contributed by atoms with van der Waals surface area (Å²) in [4.78, 5) is 0. The zero-order valence-electron chi connectivity index (χ0n) is 8.58. The highest BCUT2D eigenvalue weighted by atomic mass is 79.9. The molecule has 0 radical (unpaired) electrons. The van der Waals surface area contributed by atoms with Gasteiger partial charge in [0, 0.05) is 16.7 Å². The van der Waals surface area contributed by atoms with Crippen molar-refractivity contribution in [3.63, 3.8) is 0 Å². The van der Waals surface area contributed by atoms with E-state index in [4.69, 9.17) is 0 Å². The largest absolute Gasteiger partial charge is 0.380 e. The first-order chi connectivity index (χ1) is 7.75. The Bertz CT molecular complexity index is 485. The summed E-state index contributed by atoms with van der Waals surface area (Å²) < 4.78 is 13.9. The minimum Gasteiger partial charge on any atom is -0.380 e. The quantitative estimate of drug-likeness (QED) is 0.888. The standard InChI is InChI=1S/C13H11BrFN/c14-12-6-1-2-7-13(12)16-9-10-4-3-5-11(15)8-10/h1-8,16H,9H2. The normalized spacial score (nSPS) is 10.1. The fraction of sp³-hybridized carbons (Fsp3) is 0.0769. The summed E-state index contributed by atoms with van der Waals surface area (Å²) in [5, 5.41) is 3.24. The zero-order chi connectivity index (χ0) is 11.4. The molecule has 0 fully saturated rings. The van der Waals surface area contributed by atoms with Gasteiger partial charge in [-0.3, -0.25) is 0 Å². The van der Waals surface area contributed by atoms with Gasteiger partial charge in [-0.1, -0.05) is 24.3 Å². The molecular weight excluding hydrogens is 269 g/mol. The summed E-state index contributed by atoms with van der Waals surface area (Å²) in [5.41, 5.74) is 1.93. The number of rotatable bonds is 3. The highest BCUT2D eigenvalue weighted by Gasteiger charge is 1.98. The van der Waals surface area contributed by atoms with Crippen LogP contribution in [0.5, 0.6) is 0 Å². The molecule has 2 aromatic rings. The Morgan fingerprint density at radius 3 is 2.62 bits per heavy atom. The number of benzene rings is 2. The first-order valence-corrected chi connectivity index (χ1v) is 5.78. The predicted octanol–water partition coefficient (Wildman–Crippen LogP) is 4.20. The van der Waals surface area contributed by atoms with Gasteiger partial charge in [0.1, 0.15) is 5.82 Å². The Kier molecular flexibility index (Phi) is 3.57. The van der Waals surface area contributed by atoms with E-state index in [-0.39, 0.29) is 5.82 Å². The third kappa shape index (κ3) is 2.83. The molecule has 0 saturated carbocycles. The summed E-state index contributed by atoms with van der Waals surface area (Å²) >= 11 is 3.45. The van der Waals surface area contributed by atoms with Crippen molar-refractivity contribution < 1.29 is 4.39 Å². The van der Waals surface area contributed by atoms with Crippen LogP contribution in [-0.2, 0) is 6.54 Å². The molecule has 0 saturated heterocycles. The summed E-state index contributed by atoms with van der Waals surface area (Å²) in [6.45, 7) is 0.611. The molecule has 0 aliphatic carbocycles. The van der Waals surface area contributed by atoms with Crippen molar-refractivity contribution in [2.75, 3.05) is 5.32 Å². The number of hydrogen-bond acceptors (Lipinski definition) is 1. The third-order valence-corrected chi connectivity index (χ3v) is 2.94. The van der Waals surface area contributed by atoms with E-state index >= 15 is 0 Å². The number of halogens is 2. The van der Waals surface area contributed by atoms with Crippen molar-refractivity contribution in [2.45, 2.75) is 6.54 Å². The van der Waals surface area contributed by atoms with Crippen molar-refractivity contribution >= 4 is 21.6 Å². The molecule has 1 N–H and O–H groups in total. The molecule has 0 amide bonds. The average Bonchev–Trinajstić information content (AvgIpc) is 2.28. The van der Waals surface area contributed by atoms with Gasteiger partial charge in [0.2, 0.25) is 0 Å². The van der Waals surface area contributed by atoms with Crippen molar-refractivity contribution in [1.82, 2.24) is 0 Å². The van der Waals surface area contributed by atoms with Crippen molar-refractivity contribution in [2.24, 2.45) is 0 Å². The number of hydrogen-bond donors (Lipinski definition) is 1. The first kappa shape index (κ1) is 11.1. The number of para-hydroxylation sites is 1. The van der Waals surface area contributed by atoms with Gasteiger partial charge >= 0.3 is 0 Å². The van der Waals surface area contributed by atoms with Crippen LogP contribution in [0.15, 0.2) is 53.0 Å². The molecule has 3 heteroatoms. The zero-order valence-corrected chi connectivity index (χ0v) is 10.2. The molecule has 0 heterocycles. The van der Waals surface area contributed by atoms with Gasteiger partial charge < -0.3 is 5.32 Å². The Balaban J connectivity index is 2.05. The lowest BCUT2D eigenvalue weighted by molar-refractivity contribution is 0.626. The maximum Gasteiger partial charge on any atom is 0.123 e. The molecule has 82 valence electrons. The molecule has 0 bridgehead atoms. The lowest BCUT2D eigenvalue weighted by Gasteiger charge is -2.08. The summed E-state index contributed by atoms with van der Waals surface area (Å²) in [7, 11) is 0. The molecule has 0 unspecified atom stereocenters. The van der Waals surface area contributed by atoms with E-state index in [1.54, 1.807) is 6.07 Å². The maximum absolute atomic E-state index is 12.9. The van der Waals surface area contributed by atoms with E-state index < -0.39 is 0 Å². The minimum absolute atomic E-state index is 0.202. The summed E-state index contributed by atoms with van der Waals surface area (Å²) in [6, 6.07) is 14.4. The van der Waals surface area contributed by atoms with Crippen molar-refractivity contribution in [3.8, 4) is 0 Å². The monoisotopic (exact) mass is 279 g/mol. The molecular formula is C13H11BrFN. The van der Waals surface area contributed by atoms with E-state index in [0.29, 0.717) is 6.54 Å². The van der Waals surface area contributed by atoms with Crippen LogP contribution in [0.25, 0.3) is 0 Å². The SMILES string of the molecule is Fc1cccc(CNc2ccccc2Br)c1. The first-order valence-electron chi connectivity index (χ1n) is 4.98. The van der Waals surface area contributed by atoms with Crippen LogP contribution in [0.2, 0.25) is 0 Å². The van der Waals surface area contributed by atoms with Crippen LogP contribution in [0.3, 0.4) is 0 Å². The second-order valence-electron chi connectivity index (χ2n) is 3.46. The van der Waals surface area contributed by atoms with E-state index in [0.717, 1.165) is 15.7 Å². The van der Waals surface area contributed by atoms with Gasteiger partial charge in [0.25, 0.3) is 0 Å². The Morgan fingerprint density at radius 2 is 1.88 bits per heavy atom. The molecule has 0 spiro atoms. The van der Waals surface area contributed by atoms with Crippen molar-refractivity contribution in [3.05, 3.63) is 64.4 Å². The maximum atomic E-state index is 12.9. The van der Waals surface area contributed by atoms with Crippen molar-refractivity contribution in [1.29, 1.82) is 0 Å². The highest BCUT2D eigenvalue weighted by Crippen LogP contribution is 2.21. The van der Waals surface area contributed by atoms with E-state index in [2.05, 4.69) is 21.2 Å². The van der Waals surface area contributed by atoms with Crippen LogP contribution < -0.4 is 5.32 Å². The molecule has 2 rings (SSSR count). The Morgan fingerprint density at radius 1 is 1.06 bits per heavy atom. The molecule has 0 aliphatic rings. The van der Waals surface area contributed by atoms with Gasteiger partial charge in [-0.25, -0.2) is 4.39 Å². The average molecular weight is 280 g/mol. The highest BCUT2D eigenvalue weighted by molar-refractivity contribution is 9.10. The fourth-order valence-electron chi connectivity index (χ4n) is 1.45. The topological polar surface area (TPSA) is 12.0 Å². The van der Waals surface area contributed by atoms with Gasteiger partial charge in [-0.05, 0) is 45.8 Å². The third-order valence-electron chi connectivity index (χ3n) is 2.25. The number of anilines is 1. The van der Waals surface area contributed by atoms with Crippen LogP contribution in [0.4, 0.5) is 10.1 Å². The Labute approximate surface area is 102 Å². The summed E-state index contributed by atoms with van der Waals surface area (Å²) in [5.74, 6) is -0.202. The van der Waals surface area contributed by atoms with Gasteiger partial charge in [0.15, 0.2) is 0 Å². The molecule has 0 aliphatic heterocycles. The molecule has 1 nitrogen and oxygen atoms in total. The van der Waals surface area contributed by atoms with Crippen LogP contribution >= 0.6 is 15.9 Å². The van der Waals surface area contributed by atoms with Gasteiger partial charge in [0.05, 0.1) is 0 Å². The Hall–Kier alpha value is -1.35. The van der Waals surface area contributed by atoms with Gasteiger partial charge in [-0.15, -0.1) is 0 Å². The van der Waals surface area contributed by atoms with Crippen LogP contribution in [0.1, 0.15) is 5.56 Å². The predicted molar refractivity (Wildman–Crippen MR) is 67.9 cm³/mol. The second kappa shape index (κ2) is 5.12. The second-order valence-corrected chi connectivity index (χ2v) is 4.32. The summed E-state index contributed by atoms with van der Waals surface area (Å²) in [6.07, 6.45) is 0.